The number of H-pyrrole nitrogens is 1. The Morgan fingerprint density at radius 2 is 1.62 bits per heavy atom. The molecule has 0 aliphatic carbocycles. The average molecular weight is 634 g/mol. The van der Waals surface area contributed by atoms with E-state index in [1.165, 1.54) is 5.56 Å². The summed E-state index contributed by atoms with van der Waals surface area (Å²) in [6.45, 7) is 4.98. The van der Waals surface area contributed by atoms with Crippen LogP contribution in [0, 0.1) is 0 Å². The van der Waals surface area contributed by atoms with Crippen molar-refractivity contribution in [2.75, 3.05) is 19.7 Å². The highest BCUT2D eigenvalue weighted by Gasteiger charge is 2.25. The molecule has 7 aromatic rings. The Labute approximate surface area is 278 Å². The van der Waals surface area contributed by atoms with E-state index in [-0.39, 0.29) is 5.97 Å². The monoisotopic (exact) mass is 633 g/mol. The summed E-state index contributed by atoms with van der Waals surface area (Å²) in [5, 5.41) is 7.57. The summed E-state index contributed by atoms with van der Waals surface area (Å²) in [4.78, 5) is 30.1. The lowest BCUT2D eigenvalue weighted by molar-refractivity contribution is 0.0527. The SMILES string of the molecule is CCOC(=O)c1cc2c(-c3ccc(CN4CCC(c5nc(-c6ccccn6)n[nH]5)CC4)cc3)nc3ccccc3n2c1-c1ccccc1. The van der Waals surface area contributed by atoms with Crippen molar-refractivity contribution in [1.29, 1.82) is 0 Å². The number of aromatic amines is 1. The molecule has 9 nitrogen and oxygen atoms in total. The number of carbonyl (C=O) groups is 1. The molecule has 3 aromatic carbocycles. The standard InChI is InChI=1S/C39H35N7O2/c1-2-48-39(47)30-24-34-35(41-31-12-6-7-14-33(31)46(34)36(30)28-10-4-3-5-11-28)27-17-15-26(16-18-27)25-45-22-19-29(20-23-45)37-42-38(44-43-37)32-13-8-9-21-40-32/h3-18,21,24,29H,2,19-20,22-23,25H2,1H3,(H,42,43,44). The third-order valence-electron chi connectivity index (χ3n) is 9.15. The van der Waals surface area contributed by atoms with Crippen LogP contribution in [-0.2, 0) is 11.3 Å². The summed E-state index contributed by atoms with van der Waals surface area (Å²) in [6, 6.07) is 34.5. The number of aromatic nitrogens is 6. The highest BCUT2D eigenvalue weighted by molar-refractivity contribution is 6.03. The van der Waals surface area contributed by atoms with Gasteiger partial charge < -0.3 is 9.14 Å². The number of para-hydroxylation sites is 2. The average Bonchev–Trinajstić information content (AvgIpc) is 3.80. The first-order valence-corrected chi connectivity index (χ1v) is 16.5. The Bertz CT molecular complexity index is 2200. The molecule has 1 aliphatic rings. The van der Waals surface area contributed by atoms with E-state index in [9.17, 15) is 4.79 Å². The van der Waals surface area contributed by atoms with Crippen molar-refractivity contribution < 1.29 is 9.53 Å². The number of likely N-dealkylation sites (tertiary alicyclic amines) is 1. The zero-order valence-electron chi connectivity index (χ0n) is 26.7. The Kier molecular flexibility index (Phi) is 7.95. The quantitative estimate of drug-likeness (QED) is 0.172. The molecule has 1 saturated heterocycles. The third kappa shape index (κ3) is 5.62. The Balaban J connectivity index is 1.06. The normalized spacial score (nSPS) is 14.1. The molecule has 48 heavy (non-hydrogen) atoms. The zero-order chi connectivity index (χ0) is 32.5. The number of fused-ring (bicyclic) bond motifs is 3. The molecule has 0 spiro atoms. The van der Waals surface area contributed by atoms with Crippen LogP contribution in [-0.4, -0.2) is 60.1 Å². The van der Waals surface area contributed by atoms with Gasteiger partial charge in [0.2, 0.25) is 0 Å². The molecule has 0 radical (unpaired) electrons. The number of carbonyl (C=O) groups excluding carboxylic acids is 1. The molecule has 238 valence electrons. The number of esters is 1. The number of nitrogens with one attached hydrogen (secondary N) is 1. The van der Waals surface area contributed by atoms with Crippen molar-refractivity contribution >= 4 is 22.5 Å². The third-order valence-corrected chi connectivity index (χ3v) is 9.15. The molecular weight excluding hydrogens is 598 g/mol. The number of nitrogens with zero attached hydrogens (tertiary/aromatic N) is 6. The van der Waals surface area contributed by atoms with Gasteiger partial charge in [-0.25, -0.2) is 14.8 Å². The number of ether oxygens (including phenoxy) is 1. The molecule has 0 atom stereocenters. The van der Waals surface area contributed by atoms with E-state index < -0.39 is 0 Å². The van der Waals surface area contributed by atoms with Crippen molar-refractivity contribution in [3.63, 3.8) is 0 Å². The predicted molar refractivity (Wildman–Crippen MR) is 186 cm³/mol. The lowest BCUT2D eigenvalue weighted by atomic mass is 9.95. The van der Waals surface area contributed by atoms with E-state index in [1.807, 2.05) is 79.7 Å². The molecule has 0 saturated carbocycles. The fourth-order valence-electron chi connectivity index (χ4n) is 6.78. The molecular formula is C39H35N7O2. The van der Waals surface area contributed by atoms with Crippen LogP contribution in [0.2, 0.25) is 0 Å². The summed E-state index contributed by atoms with van der Waals surface area (Å²) in [7, 11) is 0. The summed E-state index contributed by atoms with van der Waals surface area (Å²) in [5.41, 5.74) is 8.79. The van der Waals surface area contributed by atoms with Gasteiger partial charge in [-0.05, 0) is 74.3 Å². The number of rotatable bonds is 8. The van der Waals surface area contributed by atoms with E-state index >= 15 is 0 Å². The van der Waals surface area contributed by atoms with Crippen molar-refractivity contribution in [3.05, 3.63) is 126 Å². The summed E-state index contributed by atoms with van der Waals surface area (Å²) < 4.78 is 7.69. The number of pyridine rings is 1. The van der Waals surface area contributed by atoms with E-state index in [4.69, 9.17) is 14.7 Å². The van der Waals surface area contributed by atoms with E-state index in [2.05, 4.69) is 54.8 Å². The lowest BCUT2D eigenvalue weighted by Crippen LogP contribution is -2.32. The second-order valence-corrected chi connectivity index (χ2v) is 12.2. The van der Waals surface area contributed by atoms with Gasteiger partial charge in [-0.3, -0.25) is 15.0 Å². The molecule has 4 aromatic heterocycles. The largest absolute Gasteiger partial charge is 0.462 e. The first-order chi connectivity index (χ1) is 23.7. The molecule has 0 amide bonds. The number of benzene rings is 3. The Hall–Kier alpha value is -5.67. The zero-order valence-corrected chi connectivity index (χ0v) is 26.7. The summed E-state index contributed by atoms with van der Waals surface area (Å²) >= 11 is 0. The Morgan fingerprint density at radius 3 is 2.40 bits per heavy atom. The molecule has 1 N–H and O–H groups in total. The number of hydrogen-bond donors (Lipinski definition) is 1. The van der Waals surface area contributed by atoms with Crippen LogP contribution in [0.4, 0.5) is 0 Å². The lowest BCUT2D eigenvalue weighted by Gasteiger charge is -2.30. The van der Waals surface area contributed by atoms with Gasteiger partial charge >= 0.3 is 5.97 Å². The van der Waals surface area contributed by atoms with Crippen LogP contribution >= 0.6 is 0 Å². The second-order valence-electron chi connectivity index (χ2n) is 12.2. The molecule has 1 fully saturated rings. The molecule has 8 rings (SSSR count). The smallest absolute Gasteiger partial charge is 0.340 e. The maximum Gasteiger partial charge on any atom is 0.340 e. The molecule has 9 heteroatoms. The molecule has 1 aliphatic heterocycles. The topological polar surface area (TPSA) is 101 Å². The molecule has 0 unspecified atom stereocenters. The maximum absolute atomic E-state index is 13.3. The van der Waals surface area contributed by atoms with Crippen molar-refractivity contribution in [1.82, 2.24) is 34.4 Å². The summed E-state index contributed by atoms with van der Waals surface area (Å²) in [5.74, 6) is 1.61. The van der Waals surface area contributed by atoms with Gasteiger partial charge in [-0.1, -0.05) is 72.8 Å². The number of hydrogen-bond acceptors (Lipinski definition) is 7. The highest BCUT2D eigenvalue weighted by atomic mass is 16.5. The Morgan fingerprint density at radius 1 is 0.854 bits per heavy atom. The van der Waals surface area contributed by atoms with Gasteiger partial charge in [-0.2, -0.15) is 5.10 Å². The highest BCUT2D eigenvalue weighted by Crippen LogP contribution is 2.36. The van der Waals surface area contributed by atoms with Crippen LogP contribution in [0.25, 0.3) is 50.6 Å². The molecule has 5 heterocycles. The van der Waals surface area contributed by atoms with Crippen LogP contribution in [0.1, 0.15) is 47.4 Å². The van der Waals surface area contributed by atoms with Crippen molar-refractivity contribution in [3.8, 4) is 34.0 Å². The van der Waals surface area contributed by atoms with Gasteiger partial charge in [0.15, 0.2) is 5.82 Å². The second kappa shape index (κ2) is 12.8. The van der Waals surface area contributed by atoms with Crippen LogP contribution < -0.4 is 0 Å². The van der Waals surface area contributed by atoms with Crippen LogP contribution in [0.15, 0.2) is 109 Å². The van der Waals surface area contributed by atoms with E-state index in [0.29, 0.717) is 23.9 Å². The summed E-state index contributed by atoms with van der Waals surface area (Å²) in [6.07, 6.45) is 3.81. The first-order valence-electron chi connectivity index (χ1n) is 16.5. The fourth-order valence-corrected chi connectivity index (χ4v) is 6.78. The fraction of sp³-hybridized carbons (Fsp3) is 0.205. The van der Waals surface area contributed by atoms with Gasteiger partial charge in [0.1, 0.15) is 11.5 Å². The van der Waals surface area contributed by atoms with Crippen LogP contribution in [0.5, 0.6) is 0 Å². The van der Waals surface area contributed by atoms with Gasteiger partial charge in [-0.15, -0.1) is 0 Å². The van der Waals surface area contributed by atoms with Crippen molar-refractivity contribution in [2.24, 2.45) is 0 Å². The first kappa shape index (κ1) is 29.7. The molecule has 0 bridgehead atoms. The number of piperidine rings is 1. The minimum Gasteiger partial charge on any atom is -0.462 e. The van der Waals surface area contributed by atoms with Crippen LogP contribution in [0.3, 0.4) is 0 Å². The minimum absolute atomic E-state index is 0.303. The van der Waals surface area contributed by atoms with Gasteiger partial charge in [0, 0.05) is 24.2 Å². The predicted octanol–water partition coefficient (Wildman–Crippen LogP) is 7.56. The van der Waals surface area contributed by atoms with Crippen molar-refractivity contribution in [2.45, 2.75) is 32.2 Å². The van der Waals surface area contributed by atoms with Gasteiger partial charge in [0.25, 0.3) is 0 Å². The van der Waals surface area contributed by atoms with E-state index in [0.717, 1.165) is 83.1 Å². The maximum atomic E-state index is 13.3. The van der Waals surface area contributed by atoms with Gasteiger partial charge in [0.05, 0.1) is 40.1 Å². The van der Waals surface area contributed by atoms with E-state index in [1.54, 1.807) is 6.20 Å². The minimum atomic E-state index is -0.342.